The van der Waals surface area contributed by atoms with Crippen LogP contribution < -0.4 is 0 Å². The molecule has 2 nitrogen and oxygen atoms in total. The van der Waals surface area contributed by atoms with E-state index >= 15 is 0 Å². The van der Waals surface area contributed by atoms with Gasteiger partial charge in [0.1, 0.15) is 0 Å². The Bertz CT molecular complexity index is 266. The third kappa shape index (κ3) is 4.83. The van der Waals surface area contributed by atoms with Crippen molar-refractivity contribution in [3.05, 3.63) is 12.2 Å². The summed E-state index contributed by atoms with van der Waals surface area (Å²) in [7, 11) is 0. The van der Waals surface area contributed by atoms with Crippen LogP contribution in [0.2, 0.25) is 0 Å². The van der Waals surface area contributed by atoms with E-state index in [1.165, 1.54) is 51.4 Å². The molecule has 0 atom stereocenters. The van der Waals surface area contributed by atoms with Crippen LogP contribution in [0.5, 0.6) is 0 Å². The highest BCUT2D eigenvalue weighted by atomic mass is 16.2. The zero-order chi connectivity index (χ0) is 13.4. The van der Waals surface area contributed by atoms with E-state index in [-0.39, 0.29) is 5.91 Å². The number of carbonyl (C=O) groups is 1. The highest BCUT2D eigenvalue weighted by molar-refractivity contribution is 5.92. The molecule has 18 heavy (non-hydrogen) atoms. The van der Waals surface area contributed by atoms with Crippen LogP contribution in [-0.2, 0) is 4.79 Å². The van der Waals surface area contributed by atoms with Crippen LogP contribution >= 0.6 is 0 Å². The van der Waals surface area contributed by atoms with E-state index in [1.54, 1.807) is 0 Å². The van der Waals surface area contributed by atoms with Crippen molar-refractivity contribution in [1.82, 2.24) is 4.90 Å². The minimum atomic E-state index is 0.179. The fraction of sp³-hybridized carbons (Fsp3) is 0.812. The molecule has 1 aliphatic rings. The lowest BCUT2D eigenvalue weighted by Gasteiger charge is -2.34. The van der Waals surface area contributed by atoms with Gasteiger partial charge in [-0.05, 0) is 26.2 Å². The van der Waals surface area contributed by atoms with Crippen LogP contribution in [0.1, 0.15) is 71.6 Å². The SMILES string of the molecule is C=C(C)C(=O)N(CCCCCC)C1CCCCC1. The van der Waals surface area contributed by atoms with E-state index in [0.29, 0.717) is 11.6 Å². The summed E-state index contributed by atoms with van der Waals surface area (Å²) in [6.07, 6.45) is 11.2. The third-order valence-electron chi connectivity index (χ3n) is 3.89. The number of hydrogen-bond acceptors (Lipinski definition) is 1. The Labute approximate surface area is 112 Å². The first-order chi connectivity index (χ1) is 8.66. The molecule has 1 rings (SSSR count). The van der Waals surface area contributed by atoms with Crippen molar-refractivity contribution in [2.24, 2.45) is 0 Å². The van der Waals surface area contributed by atoms with Gasteiger partial charge >= 0.3 is 0 Å². The Balaban J connectivity index is 2.50. The smallest absolute Gasteiger partial charge is 0.249 e. The quantitative estimate of drug-likeness (QED) is 0.488. The zero-order valence-corrected chi connectivity index (χ0v) is 12.2. The summed E-state index contributed by atoms with van der Waals surface area (Å²) in [6.45, 7) is 8.81. The molecule has 1 aliphatic carbocycles. The van der Waals surface area contributed by atoms with E-state index in [2.05, 4.69) is 18.4 Å². The molecular weight excluding hydrogens is 222 g/mol. The Morgan fingerprint density at radius 3 is 2.39 bits per heavy atom. The zero-order valence-electron chi connectivity index (χ0n) is 12.2. The van der Waals surface area contributed by atoms with Gasteiger partial charge in [-0.2, -0.15) is 0 Å². The fourth-order valence-corrected chi connectivity index (χ4v) is 2.80. The number of amides is 1. The molecule has 0 saturated heterocycles. The van der Waals surface area contributed by atoms with E-state index in [0.717, 1.165) is 13.0 Å². The minimum Gasteiger partial charge on any atom is -0.336 e. The van der Waals surface area contributed by atoms with Gasteiger partial charge in [-0.15, -0.1) is 0 Å². The predicted molar refractivity (Wildman–Crippen MR) is 77.5 cm³/mol. The Morgan fingerprint density at radius 1 is 1.17 bits per heavy atom. The standard InChI is InChI=1S/C16H29NO/c1-4-5-6-10-13-17(16(18)14(2)3)15-11-8-7-9-12-15/h15H,2,4-13H2,1,3H3. The largest absolute Gasteiger partial charge is 0.336 e. The lowest BCUT2D eigenvalue weighted by atomic mass is 9.93. The van der Waals surface area contributed by atoms with Gasteiger partial charge in [-0.25, -0.2) is 0 Å². The molecule has 0 N–H and O–H groups in total. The highest BCUT2D eigenvalue weighted by Gasteiger charge is 2.24. The number of hydrogen-bond donors (Lipinski definition) is 0. The average molecular weight is 251 g/mol. The second-order valence-corrected chi connectivity index (χ2v) is 5.63. The normalized spacial score (nSPS) is 16.6. The molecule has 0 aromatic heterocycles. The van der Waals surface area contributed by atoms with Gasteiger partial charge < -0.3 is 4.90 Å². The van der Waals surface area contributed by atoms with Gasteiger partial charge in [-0.3, -0.25) is 4.79 Å². The second-order valence-electron chi connectivity index (χ2n) is 5.63. The topological polar surface area (TPSA) is 20.3 Å². The van der Waals surface area contributed by atoms with Crippen LogP contribution in [0.3, 0.4) is 0 Å². The number of carbonyl (C=O) groups excluding carboxylic acids is 1. The van der Waals surface area contributed by atoms with Crippen LogP contribution in [0.4, 0.5) is 0 Å². The van der Waals surface area contributed by atoms with Crippen molar-refractivity contribution in [2.75, 3.05) is 6.54 Å². The van der Waals surface area contributed by atoms with Gasteiger partial charge in [-0.1, -0.05) is 52.0 Å². The third-order valence-corrected chi connectivity index (χ3v) is 3.89. The molecule has 0 aromatic rings. The summed E-state index contributed by atoms with van der Waals surface area (Å²) in [4.78, 5) is 14.3. The number of unbranched alkanes of at least 4 members (excludes halogenated alkanes) is 3. The van der Waals surface area contributed by atoms with Crippen LogP contribution in [0.25, 0.3) is 0 Å². The molecule has 0 bridgehead atoms. The van der Waals surface area contributed by atoms with Gasteiger partial charge in [0.2, 0.25) is 5.91 Å². The van der Waals surface area contributed by atoms with Gasteiger partial charge in [0, 0.05) is 18.2 Å². The van der Waals surface area contributed by atoms with Gasteiger partial charge in [0.15, 0.2) is 0 Å². The summed E-state index contributed by atoms with van der Waals surface area (Å²) >= 11 is 0. The highest BCUT2D eigenvalue weighted by Crippen LogP contribution is 2.24. The molecule has 1 amide bonds. The Kier molecular flexibility index (Phi) is 7.07. The summed E-state index contributed by atoms with van der Waals surface area (Å²) in [5, 5.41) is 0. The fourth-order valence-electron chi connectivity index (χ4n) is 2.80. The first-order valence-corrected chi connectivity index (χ1v) is 7.63. The Hall–Kier alpha value is -0.790. The maximum Gasteiger partial charge on any atom is 0.249 e. The molecule has 0 aromatic carbocycles. The first-order valence-electron chi connectivity index (χ1n) is 7.63. The Morgan fingerprint density at radius 2 is 1.83 bits per heavy atom. The van der Waals surface area contributed by atoms with E-state index in [4.69, 9.17) is 0 Å². The van der Waals surface area contributed by atoms with Crippen LogP contribution in [-0.4, -0.2) is 23.4 Å². The van der Waals surface area contributed by atoms with Crippen molar-refractivity contribution in [3.8, 4) is 0 Å². The van der Waals surface area contributed by atoms with Gasteiger partial charge in [0.05, 0.1) is 0 Å². The van der Waals surface area contributed by atoms with Crippen LogP contribution in [0, 0.1) is 0 Å². The number of nitrogens with zero attached hydrogens (tertiary/aromatic N) is 1. The molecule has 0 radical (unpaired) electrons. The molecule has 104 valence electrons. The van der Waals surface area contributed by atoms with E-state index < -0.39 is 0 Å². The molecule has 0 unspecified atom stereocenters. The van der Waals surface area contributed by atoms with Crippen molar-refractivity contribution < 1.29 is 4.79 Å². The maximum atomic E-state index is 12.2. The first kappa shape index (κ1) is 15.3. The lowest BCUT2D eigenvalue weighted by molar-refractivity contribution is -0.130. The maximum absolute atomic E-state index is 12.2. The van der Waals surface area contributed by atoms with Crippen molar-refractivity contribution in [2.45, 2.75) is 77.7 Å². The molecule has 0 heterocycles. The number of rotatable bonds is 7. The summed E-state index contributed by atoms with van der Waals surface area (Å²) in [5.41, 5.74) is 0.691. The summed E-state index contributed by atoms with van der Waals surface area (Å²) in [5.74, 6) is 0.179. The predicted octanol–water partition coefficient (Wildman–Crippen LogP) is 4.30. The van der Waals surface area contributed by atoms with Gasteiger partial charge in [0.25, 0.3) is 0 Å². The molecular formula is C16H29NO. The minimum absolute atomic E-state index is 0.179. The average Bonchev–Trinajstić information content (AvgIpc) is 2.39. The van der Waals surface area contributed by atoms with E-state index in [9.17, 15) is 4.79 Å². The summed E-state index contributed by atoms with van der Waals surface area (Å²) in [6, 6.07) is 0.476. The monoisotopic (exact) mass is 251 g/mol. The van der Waals surface area contributed by atoms with Crippen LogP contribution in [0.15, 0.2) is 12.2 Å². The molecule has 0 spiro atoms. The van der Waals surface area contributed by atoms with E-state index in [1.807, 2.05) is 6.92 Å². The molecule has 0 aliphatic heterocycles. The van der Waals surface area contributed by atoms with Crippen molar-refractivity contribution in [1.29, 1.82) is 0 Å². The summed E-state index contributed by atoms with van der Waals surface area (Å²) < 4.78 is 0. The lowest BCUT2D eigenvalue weighted by Crippen LogP contribution is -2.42. The molecule has 1 fully saturated rings. The van der Waals surface area contributed by atoms with Crippen molar-refractivity contribution in [3.63, 3.8) is 0 Å². The molecule has 1 saturated carbocycles. The molecule has 2 heteroatoms. The van der Waals surface area contributed by atoms with Crippen molar-refractivity contribution >= 4 is 5.91 Å². The second kappa shape index (κ2) is 8.34.